The molecule has 0 aliphatic carbocycles. The first-order chi connectivity index (χ1) is 15.3. The minimum absolute atomic E-state index is 0.104. The van der Waals surface area contributed by atoms with E-state index < -0.39 is 22.1 Å². The van der Waals surface area contributed by atoms with Crippen LogP contribution in [0.5, 0.6) is 0 Å². The zero-order chi connectivity index (χ0) is 23.3. The lowest BCUT2D eigenvalue weighted by molar-refractivity contribution is -0.126. The molecular formula is C24H30N2O5S. The molecule has 7 nitrogen and oxygen atoms in total. The van der Waals surface area contributed by atoms with Crippen molar-refractivity contribution in [1.82, 2.24) is 4.31 Å². The standard InChI is InChI=1S/C24H30N2O5S/c1-4-26(21-11-7-5-8-12-21)23(27)19(3)31-24(28)20-14-13-18(2)22(17-20)32(29,30)25-15-9-6-10-16-25/h5,7-8,11-14,17,19H,4,6,9-10,15-16H2,1-3H3/t19-/m0/s1. The van der Waals surface area contributed by atoms with E-state index in [2.05, 4.69) is 0 Å². The number of ether oxygens (including phenoxy) is 1. The Morgan fingerprint density at radius 3 is 2.34 bits per heavy atom. The Morgan fingerprint density at radius 2 is 1.72 bits per heavy atom. The third kappa shape index (κ3) is 5.19. The van der Waals surface area contributed by atoms with Crippen LogP contribution in [-0.2, 0) is 19.6 Å². The summed E-state index contributed by atoms with van der Waals surface area (Å²) in [5.74, 6) is -1.08. The number of benzene rings is 2. The fourth-order valence-corrected chi connectivity index (χ4v) is 5.59. The van der Waals surface area contributed by atoms with E-state index in [1.54, 1.807) is 17.9 Å². The number of sulfonamides is 1. The lowest BCUT2D eigenvalue weighted by Gasteiger charge is -2.27. The zero-order valence-corrected chi connectivity index (χ0v) is 19.6. The minimum atomic E-state index is -3.70. The average Bonchev–Trinajstić information content (AvgIpc) is 2.80. The van der Waals surface area contributed by atoms with E-state index in [0.29, 0.717) is 30.9 Å². The Labute approximate surface area is 190 Å². The van der Waals surface area contributed by atoms with Gasteiger partial charge in [-0.25, -0.2) is 13.2 Å². The molecule has 2 aromatic rings. The molecule has 1 fully saturated rings. The predicted molar refractivity (Wildman–Crippen MR) is 123 cm³/mol. The van der Waals surface area contributed by atoms with Gasteiger partial charge in [-0.05, 0) is 63.4 Å². The molecule has 2 aromatic carbocycles. The summed E-state index contributed by atoms with van der Waals surface area (Å²) in [6, 6.07) is 13.6. The smallest absolute Gasteiger partial charge is 0.338 e. The molecule has 1 saturated heterocycles. The number of para-hydroxylation sites is 1. The summed E-state index contributed by atoms with van der Waals surface area (Å²) < 4.78 is 33.1. The van der Waals surface area contributed by atoms with Gasteiger partial charge < -0.3 is 9.64 Å². The van der Waals surface area contributed by atoms with E-state index in [9.17, 15) is 18.0 Å². The van der Waals surface area contributed by atoms with Crippen LogP contribution in [0.25, 0.3) is 0 Å². The molecule has 8 heteroatoms. The number of carbonyl (C=O) groups is 2. The van der Waals surface area contributed by atoms with Crippen molar-refractivity contribution in [3.63, 3.8) is 0 Å². The highest BCUT2D eigenvalue weighted by atomic mass is 32.2. The van der Waals surface area contributed by atoms with Crippen molar-refractivity contribution in [3.8, 4) is 0 Å². The highest BCUT2D eigenvalue weighted by Gasteiger charge is 2.29. The summed E-state index contributed by atoms with van der Waals surface area (Å²) >= 11 is 0. The molecule has 1 aliphatic rings. The van der Waals surface area contributed by atoms with Gasteiger partial charge in [-0.3, -0.25) is 4.79 Å². The van der Waals surface area contributed by atoms with Gasteiger partial charge in [0.05, 0.1) is 10.5 Å². The number of anilines is 1. The molecule has 1 atom stereocenters. The van der Waals surface area contributed by atoms with Gasteiger partial charge >= 0.3 is 5.97 Å². The van der Waals surface area contributed by atoms with Crippen LogP contribution in [0, 0.1) is 6.92 Å². The third-order valence-electron chi connectivity index (χ3n) is 5.64. The topological polar surface area (TPSA) is 84.0 Å². The van der Waals surface area contributed by atoms with Gasteiger partial charge in [-0.2, -0.15) is 4.31 Å². The molecule has 0 unspecified atom stereocenters. The Kier molecular flexibility index (Phi) is 7.69. The first kappa shape index (κ1) is 23.9. The second-order valence-electron chi connectivity index (χ2n) is 7.91. The molecule has 1 aliphatic heterocycles. The molecule has 0 aromatic heterocycles. The number of amides is 1. The average molecular weight is 459 g/mol. The van der Waals surface area contributed by atoms with Gasteiger partial charge in [0.25, 0.3) is 5.91 Å². The summed E-state index contributed by atoms with van der Waals surface area (Å²) in [7, 11) is -3.70. The molecule has 0 saturated carbocycles. The lowest BCUT2D eigenvalue weighted by Crippen LogP contribution is -2.40. The maximum Gasteiger partial charge on any atom is 0.338 e. The van der Waals surface area contributed by atoms with Gasteiger partial charge in [0.15, 0.2) is 6.10 Å². The minimum Gasteiger partial charge on any atom is -0.449 e. The maximum atomic E-state index is 13.1. The molecule has 1 heterocycles. The highest BCUT2D eigenvalue weighted by molar-refractivity contribution is 7.89. The van der Waals surface area contributed by atoms with Crippen LogP contribution in [0.15, 0.2) is 53.4 Å². The number of aryl methyl sites for hydroxylation is 1. The summed E-state index contributed by atoms with van der Waals surface area (Å²) in [5, 5.41) is 0. The van der Waals surface area contributed by atoms with E-state index in [-0.39, 0.29) is 16.4 Å². The van der Waals surface area contributed by atoms with Gasteiger partial charge in [0.2, 0.25) is 10.0 Å². The van der Waals surface area contributed by atoms with E-state index in [1.807, 2.05) is 37.3 Å². The second-order valence-corrected chi connectivity index (χ2v) is 9.82. The number of esters is 1. The number of carbonyl (C=O) groups excluding carboxylic acids is 2. The SMILES string of the molecule is CCN(C(=O)[C@H](C)OC(=O)c1ccc(C)c(S(=O)(=O)N2CCCCC2)c1)c1ccccc1. The van der Waals surface area contributed by atoms with Crippen LogP contribution in [0.3, 0.4) is 0 Å². The Balaban J connectivity index is 1.78. The maximum absolute atomic E-state index is 13.1. The number of likely N-dealkylation sites (N-methyl/N-ethyl adjacent to an activating group) is 1. The molecule has 0 radical (unpaired) electrons. The molecule has 1 amide bonds. The van der Waals surface area contributed by atoms with Crippen LogP contribution >= 0.6 is 0 Å². The Bertz CT molecular complexity index is 1060. The molecule has 3 rings (SSSR count). The number of hydrogen-bond donors (Lipinski definition) is 0. The molecular weight excluding hydrogens is 428 g/mol. The fraction of sp³-hybridized carbons (Fsp3) is 0.417. The van der Waals surface area contributed by atoms with E-state index in [1.165, 1.54) is 23.4 Å². The molecule has 0 N–H and O–H groups in total. The van der Waals surface area contributed by atoms with Gasteiger partial charge in [0, 0.05) is 25.3 Å². The van der Waals surface area contributed by atoms with Crippen molar-refractivity contribution >= 4 is 27.6 Å². The largest absolute Gasteiger partial charge is 0.449 e. The van der Waals surface area contributed by atoms with Crippen LogP contribution in [0.4, 0.5) is 5.69 Å². The van der Waals surface area contributed by atoms with Gasteiger partial charge in [-0.1, -0.05) is 30.7 Å². The van der Waals surface area contributed by atoms with E-state index >= 15 is 0 Å². The first-order valence-corrected chi connectivity index (χ1v) is 12.4. The van der Waals surface area contributed by atoms with Crippen molar-refractivity contribution in [2.75, 3.05) is 24.5 Å². The van der Waals surface area contributed by atoms with Crippen LogP contribution in [0.1, 0.15) is 49.0 Å². The summed E-state index contributed by atoms with van der Waals surface area (Å²) in [6.07, 6.45) is 1.65. The quantitative estimate of drug-likeness (QED) is 0.590. The Hall–Kier alpha value is -2.71. The van der Waals surface area contributed by atoms with Crippen molar-refractivity contribution in [2.45, 2.75) is 51.0 Å². The molecule has 172 valence electrons. The molecule has 32 heavy (non-hydrogen) atoms. The van der Waals surface area contributed by atoms with Crippen molar-refractivity contribution in [3.05, 3.63) is 59.7 Å². The van der Waals surface area contributed by atoms with Crippen molar-refractivity contribution in [1.29, 1.82) is 0 Å². The monoisotopic (exact) mass is 458 g/mol. The third-order valence-corrected chi connectivity index (χ3v) is 7.68. The summed E-state index contributed by atoms with van der Waals surface area (Å²) in [4.78, 5) is 27.3. The Morgan fingerprint density at radius 1 is 1.06 bits per heavy atom. The van der Waals surface area contributed by atoms with Crippen molar-refractivity contribution in [2.24, 2.45) is 0 Å². The molecule has 0 bridgehead atoms. The highest BCUT2D eigenvalue weighted by Crippen LogP contribution is 2.25. The van der Waals surface area contributed by atoms with Crippen molar-refractivity contribution < 1.29 is 22.7 Å². The van der Waals surface area contributed by atoms with E-state index in [0.717, 1.165) is 19.3 Å². The first-order valence-electron chi connectivity index (χ1n) is 10.9. The van der Waals surface area contributed by atoms with Crippen LogP contribution in [0.2, 0.25) is 0 Å². The summed E-state index contributed by atoms with van der Waals surface area (Å²) in [6.45, 7) is 6.45. The fourth-order valence-electron chi connectivity index (χ4n) is 3.82. The van der Waals surface area contributed by atoms with E-state index in [4.69, 9.17) is 4.74 Å². The summed E-state index contributed by atoms with van der Waals surface area (Å²) in [5.41, 5.74) is 1.39. The zero-order valence-electron chi connectivity index (χ0n) is 18.8. The number of nitrogens with zero attached hydrogens (tertiary/aromatic N) is 2. The number of hydrogen-bond acceptors (Lipinski definition) is 5. The molecule has 0 spiro atoms. The van der Waals surface area contributed by atoms with Crippen LogP contribution in [-0.4, -0.2) is 50.3 Å². The van der Waals surface area contributed by atoms with Gasteiger partial charge in [-0.15, -0.1) is 0 Å². The van der Waals surface area contributed by atoms with Crippen LogP contribution < -0.4 is 4.90 Å². The number of piperidine rings is 1. The normalized spacial score (nSPS) is 15.7. The second kappa shape index (κ2) is 10.3. The predicted octanol–water partition coefficient (Wildman–Crippen LogP) is 3.77. The number of rotatable bonds is 7. The lowest BCUT2D eigenvalue weighted by atomic mass is 10.1. The van der Waals surface area contributed by atoms with Gasteiger partial charge in [0.1, 0.15) is 0 Å².